The monoisotopic (exact) mass is 448 g/mol. The zero-order valence-electron chi connectivity index (χ0n) is 17.2. The Morgan fingerprint density at radius 1 is 1.06 bits per heavy atom. The van der Waals surface area contributed by atoms with Gasteiger partial charge in [-0.05, 0) is 31.2 Å². The molecule has 4 rings (SSSR count). The summed E-state index contributed by atoms with van der Waals surface area (Å²) in [6.07, 6.45) is 0.676. The number of amides is 1. The molecule has 0 unspecified atom stereocenters. The minimum absolute atomic E-state index is 0.177. The van der Waals surface area contributed by atoms with Crippen molar-refractivity contribution in [2.45, 2.75) is 19.1 Å². The summed E-state index contributed by atoms with van der Waals surface area (Å²) in [6, 6.07) is 11.1. The van der Waals surface area contributed by atoms with Gasteiger partial charge in [0.25, 0.3) is 0 Å². The standard InChI is InChI=1S/C21H24N2O7S/c1-14(21(24)22-12-16-13-29-17-5-3-4-6-19(17)30-16)23(31(2,25)26)15-7-8-18-20(11-15)28-10-9-27-18/h3-8,11,14,16H,9-10,12-13H2,1-2H3,(H,22,24)/t14-,16-/m1/s1. The van der Waals surface area contributed by atoms with Crippen LogP contribution in [0.25, 0.3) is 0 Å². The Morgan fingerprint density at radius 2 is 1.74 bits per heavy atom. The number of anilines is 1. The van der Waals surface area contributed by atoms with E-state index in [1.807, 2.05) is 18.2 Å². The molecule has 9 nitrogen and oxygen atoms in total. The second kappa shape index (κ2) is 8.54. The van der Waals surface area contributed by atoms with E-state index in [9.17, 15) is 13.2 Å². The second-order valence-corrected chi connectivity index (χ2v) is 9.16. The van der Waals surface area contributed by atoms with E-state index in [1.54, 1.807) is 24.3 Å². The molecule has 2 atom stereocenters. The zero-order valence-corrected chi connectivity index (χ0v) is 18.1. The molecule has 0 spiro atoms. The van der Waals surface area contributed by atoms with Crippen molar-refractivity contribution in [3.8, 4) is 23.0 Å². The average molecular weight is 448 g/mol. The molecular weight excluding hydrogens is 424 g/mol. The van der Waals surface area contributed by atoms with Gasteiger partial charge in [-0.15, -0.1) is 0 Å². The summed E-state index contributed by atoms with van der Waals surface area (Å²) in [5.74, 6) is 1.78. The Bertz CT molecular complexity index is 1070. The van der Waals surface area contributed by atoms with E-state index < -0.39 is 22.0 Å². The SMILES string of the molecule is C[C@H](C(=O)NC[C@@H]1COc2ccccc2O1)N(c1ccc2c(c1)OCCO2)S(C)(=O)=O. The molecule has 166 valence electrons. The first-order valence-corrected chi connectivity index (χ1v) is 11.7. The fourth-order valence-corrected chi connectivity index (χ4v) is 4.67. The quantitative estimate of drug-likeness (QED) is 0.715. The van der Waals surface area contributed by atoms with Crippen molar-refractivity contribution >= 4 is 21.6 Å². The van der Waals surface area contributed by atoms with Crippen molar-refractivity contribution in [2.75, 3.05) is 36.9 Å². The van der Waals surface area contributed by atoms with Gasteiger partial charge in [0.15, 0.2) is 23.0 Å². The third-order valence-electron chi connectivity index (χ3n) is 4.94. The number of carbonyl (C=O) groups excluding carboxylic acids is 1. The van der Waals surface area contributed by atoms with Gasteiger partial charge in [-0.1, -0.05) is 12.1 Å². The van der Waals surface area contributed by atoms with Crippen LogP contribution in [0.1, 0.15) is 6.92 Å². The van der Waals surface area contributed by atoms with Gasteiger partial charge in [0.2, 0.25) is 15.9 Å². The average Bonchev–Trinajstić information content (AvgIpc) is 2.76. The van der Waals surface area contributed by atoms with E-state index in [0.29, 0.717) is 41.9 Å². The fraction of sp³-hybridized carbons (Fsp3) is 0.381. The van der Waals surface area contributed by atoms with Crippen LogP contribution in [0, 0.1) is 0 Å². The number of hydrogen-bond acceptors (Lipinski definition) is 7. The molecule has 2 aliphatic heterocycles. The normalized spacial score (nSPS) is 18.1. The molecule has 0 saturated heterocycles. The van der Waals surface area contributed by atoms with Gasteiger partial charge in [0.05, 0.1) is 18.5 Å². The van der Waals surface area contributed by atoms with Gasteiger partial charge in [0, 0.05) is 6.07 Å². The molecule has 2 heterocycles. The maximum absolute atomic E-state index is 12.8. The second-order valence-electron chi connectivity index (χ2n) is 7.31. The van der Waals surface area contributed by atoms with Crippen LogP contribution in [0.3, 0.4) is 0 Å². The largest absolute Gasteiger partial charge is 0.486 e. The highest BCUT2D eigenvalue weighted by molar-refractivity contribution is 7.92. The predicted octanol–water partition coefficient (Wildman–Crippen LogP) is 1.57. The van der Waals surface area contributed by atoms with Gasteiger partial charge in [-0.25, -0.2) is 8.42 Å². The highest BCUT2D eigenvalue weighted by Crippen LogP contribution is 2.35. The third kappa shape index (κ3) is 4.63. The molecule has 0 saturated carbocycles. The summed E-state index contributed by atoms with van der Waals surface area (Å²) in [6.45, 7) is 2.79. The summed E-state index contributed by atoms with van der Waals surface area (Å²) in [7, 11) is -3.75. The number of nitrogens with zero attached hydrogens (tertiary/aromatic N) is 1. The Kier molecular flexibility index (Phi) is 5.81. The Labute approximate surface area is 180 Å². The van der Waals surface area contributed by atoms with Crippen LogP contribution in [-0.2, 0) is 14.8 Å². The highest BCUT2D eigenvalue weighted by Gasteiger charge is 2.31. The highest BCUT2D eigenvalue weighted by atomic mass is 32.2. The van der Waals surface area contributed by atoms with Crippen molar-refractivity contribution in [1.82, 2.24) is 5.32 Å². The minimum atomic E-state index is -3.75. The molecule has 0 radical (unpaired) electrons. The minimum Gasteiger partial charge on any atom is -0.486 e. The van der Waals surface area contributed by atoms with Gasteiger partial charge >= 0.3 is 0 Å². The molecule has 0 aromatic heterocycles. The van der Waals surface area contributed by atoms with Gasteiger partial charge in [-0.2, -0.15) is 0 Å². The maximum atomic E-state index is 12.8. The molecule has 0 bridgehead atoms. The third-order valence-corrected chi connectivity index (χ3v) is 6.18. The van der Waals surface area contributed by atoms with Crippen LogP contribution in [0.2, 0.25) is 0 Å². The van der Waals surface area contributed by atoms with Crippen molar-refractivity contribution in [1.29, 1.82) is 0 Å². The summed E-state index contributed by atoms with van der Waals surface area (Å²) in [5, 5.41) is 2.76. The number of benzene rings is 2. The van der Waals surface area contributed by atoms with Crippen LogP contribution in [0.5, 0.6) is 23.0 Å². The van der Waals surface area contributed by atoms with E-state index >= 15 is 0 Å². The van der Waals surface area contributed by atoms with Crippen LogP contribution in [0.15, 0.2) is 42.5 Å². The number of ether oxygens (including phenoxy) is 4. The van der Waals surface area contributed by atoms with Gasteiger partial charge in [-0.3, -0.25) is 9.10 Å². The zero-order chi connectivity index (χ0) is 22.0. The smallest absolute Gasteiger partial charge is 0.243 e. The molecular formula is C21H24N2O7S. The molecule has 2 aliphatic rings. The Balaban J connectivity index is 1.45. The molecule has 2 aromatic carbocycles. The fourth-order valence-electron chi connectivity index (χ4n) is 3.50. The molecule has 2 aromatic rings. The van der Waals surface area contributed by atoms with Crippen molar-refractivity contribution in [2.24, 2.45) is 0 Å². The van der Waals surface area contributed by atoms with Crippen LogP contribution >= 0.6 is 0 Å². The molecule has 1 amide bonds. The summed E-state index contributed by atoms with van der Waals surface area (Å²) in [5.41, 5.74) is 0.320. The predicted molar refractivity (Wildman–Crippen MR) is 114 cm³/mol. The van der Waals surface area contributed by atoms with E-state index in [4.69, 9.17) is 18.9 Å². The van der Waals surface area contributed by atoms with Gasteiger partial charge in [0.1, 0.15) is 32.0 Å². The number of para-hydroxylation sites is 2. The number of carbonyl (C=O) groups is 1. The van der Waals surface area contributed by atoms with E-state index in [-0.39, 0.29) is 19.3 Å². The van der Waals surface area contributed by atoms with Crippen molar-refractivity contribution in [3.05, 3.63) is 42.5 Å². The lowest BCUT2D eigenvalue weighted by atomic mass is 10.2. The first-order valence-electron chi connectivity index (χ1n) is 9.88. The molecule has 10 heteroatoms. The Hall–Kier alpha value is -3.14. The number of rotatable bonds is 6. The Morgan fingerprint density at radius 3 is 2.48 bits per heavy atom. The number of sulfonamides is 1. The van der Waals surface area contributed by atoms with E-state index in [0.717, 1.165) is 10.6 Å². The van der Waals surface area contributed by atoms with Gasteiger partial charge < -0.3 is 24.3 Å². The first-order chi connectivity index (χ1) is 14.8. The molecule has 1 N–H and O–H groups in total. The maximum Gasteiger partial charge on any atom is 0.243 e. The van der Waals surface area contributed by atoms with Crippen molar-refractivity contribution in [3.63, 3.8) is 0 Å². The first kappa shape index (κ1) is 21.1. The number of nitrogens with one attached hydrogen (secondary N) is 1. The number of fused-ring (bicyclic) bond motifs is 2. The van der Waals surface area contributed by atoms with Crippen molar-refractivity contribution < 1.29 is 32.2 Å². The lowest BCUT2D eigenvalue weighted by molar-refractivity contribution is -0.122. The summed E-state index contributed by atoms with van der Waals surface area (Å²) >= 11 is 0. The topological polar surface area (TPSA) is 103 Å². The number of hydrogen-bond donors (Lipinski definition) is 1. The molecule has 0 fully saturated rings. The summed E-state index contributed by atoms with van der Waals surface area (Å²) < 4.78 is 48.6. The molecule has 31 heavy (non-hydrogen) atoms. The lowest BCUT2D eigenvalue weighted by Crippen LogP contribution is -2.50. The van der Waals surface area contributed by atoms with Crippen LogP contribution in [-0.4, -0.2) is 59.1 Å². The summed E-state index contributed by atoms with van der Waals surface area (Å²) in [4.78, 5) is 12.8. The van der Waals surface area contributed by atoms with E-state index in [2.05, 4.69) is 5.32 Å². The van der Waals surface area contributed by atoms with Crippen LogP contribution < -0.4 is 28.6 Å². The van der Waals surface area contributed by atoms with E-state index in [1.165, 1.54) is 6.92 Å². The molecule has 0 aliphatic carbocycles. The van der Waals surface area contributed by atoms with Crippen LogP contribution in [0.4, 0.5) is 5.69 Å². The lowest BCUT2D eigenvalue weighted by Gasteiger charge is -2.30.